The molecule has 0 saturated carbocycles. The van der Waals surface area contributed by atoms with Crippen molar-refractivity contribution in [3.05, 3.63) is 70.8 Å². The summed E-state index contributed by atoms with van der Waals surface area (Å²) in [4.78, 5) is 22.0. The molecule has 4 aromatic heterocycles. The molecule has 0 aliphatic carbocycles. The summed E-state index contributed by atoms with van der Waals surface area (Å²) in [6.07, 6.45) is 4.54. The van der Waals surface area contributed by atoms with Crippen molar-refractivity contribution >= 4 is 21.3 Å². The highest BCUT2D eigenvalue weighted by molar-refractivity contribution is 7.92. The summed E-state index contributed by atoms with van der Waals surface area (Å²) in [5, 5.41) is 3.03. The molecule has 0 atom stereocenters. The van der Waals surface area contributed by atoms with Crippen molar-refractivity contribution in [2.24, 2.45) is 0 Å². The maximum atomic E-state index is 14.4. The van der Waals surface area contributed by atoms with Crippen molar-refractivity contribution in [2.45, 2.75) is 37.0 Å². The van der Waals surface area contributed by atoms with Gasteiger partial charge in [-0.2, -0.15) is 4.39 Å². The largest absolute Gasteiger partial charge is 0.495 e. The molecule has 0 unspecified atom stereocenters. The summed E-state index contributed by atoms with van der Waals surface area (Å²) in [7, 11) is -2.35. The Kier molecular flexibility index (Phi) is 5.90. The van der Waals surface area contributed by atoms with E-state index in [1.807, 2.05) is 0 Å². The number of hydrogen-bond acceptors (Lipinski definition) is 7. The topological polar surface area (TPSA) is 118 Å². The summed E-state index contributed by atoms with van der Waals surface area (Å²) >= 11 is 0. The first-order chi connectivity index (χ1) is 16.0. The fraction of sp³-hybridized carbons (Fsp3) is 0.261. The first kappa shape index (κ1) is 23.4. The standard InChI is InChI=1S/C23H24FN5O4S/c1-23(2,3)34(31,32)18-13-29-16(12-26-21(29)9-17(18)33-4)15-7-19(24)28-20(8-15)25-10-14-5-6-22(30)27-11-14/h5-9,11-13H,10H2,1-4H3,(H,25,28)(H,27,30). The van der Waals surface area contributed by atoms with E-state index in [2.05, 4.69) is 20.3 Å². The molecule has 0 bridgehead atoms. The number of anilines is 1. The van der Waals surface area contributed by atoms with E-state index in [4.69, 9.17) is 4.74 Å². The predicted molar refractivity (Wildman–Crippen MR) is 126 cm³/mol. The number of imidazole rings is 1. The molecule has 178 valence electrons. The van der Waals surface area contributed by atoms with Crippen LogP contribution in [-0.4, -0.2) is 39.6 Å². The van der Waals surface area contributed by atoms with Gasteiger partial charge >= 0.3 is 0 Å². The Hall–Kier alpha value is -3.73. The first-order valence-corrected chi connectivity index (χ1v) is 11.9. The van der Waals surface area contributed by atoms with Crippen molar-refractivity contribution < 1.29 is 17.5 Å². The van der Waals surface area contributed by atoms with Crippen molar-refractivity contribution in [1.82, 2.24) is 19.4 Å². The van der Waals surface area contributed by atoms with Gasteiger partial charge in [0.15, 0.2) is 9.84 Å². The molecular formula is C23H24FN5O4S. The van der Waals surface area contributed by atoms with Crippen LogP contribution in [-0.2, 0) is 16.4 Å². The van der Waals surface area contributed by atoms with E-state index >= 15 is 0 Å². The minimum Gasteiger partial charge on any atom is -0.495 e. The molecule has 9 nitrogen and oxygen atoms in total. The third kappa shape index (κ3) is 4.38. The smallest absolute Gasteiger partial charge is 0.247 e. The highest BCUT2D eigenvalue weighted by Crippen LogP contribution is 2.34. The lowest BCUT2D eigenvalue weighted by molar-refractivity contribution is 0.401. The Bertz CT molecular complexity index is 1520. The van der Waals surface area contributed by atoms with Gasteiger partial charge in [-0.1, -0.05) is 6.07 Å². The monoisotopic (exact) mass is 485 g/mol. The average Bonchev–Trinajstić information content (AvgIpc) is 3.19. The zero-order chi connectivity index (χ0) is 24.7. The third-order valence-corrected chi connectivity index (χ3v) is 7.80. The van der Waals surface area contributed by atoms with Crippen LogP contribution in [0, 0.1) is 5.95 Å². The molecule has 0 aromatic carbocycles. The highest BCUT2D eigenvalue weighted by Gasteiger charge is 2.34. The van der Waals surface area contributed by atoms with Crippen LogP contribution in [0.25, 0.3) is 16.9 Å². The summed E-state index contributed by atoms with van der Waals surface area (Å²) in [5.41, 5.74) is 1.95. The molecule has 0 aliphatic heterocycles. The van der Waals surface area contributed by atoms with E-state index in [1.165, 1.54) is 37.7 Å². The number of sulfone groups is 1. The van der Waals surface area contributed by atoms with Crippen molar-refractivity contribution in [3.63, 3.8) is 0 Å². The van der Waals surface area contributed by atoms with Gasteiger partial charge in [0.05, 0.1) is 23.7 Å². The van der Waals surface area contributed by atoms with Gasteiger partial charge in [-0.3, -0.25) is 9.20 Å². The zero-order valence-electron chi connectivity index (χ0n) is 19.1. The normalized spacial score (nSPS) is 12.1. The number of aromatic amines is 1. The second-order valence-corrected chi connectivity index (χ2v) is 11.3. The summed E-state index contributed by atoms with van der Waals surface area (Å²) in [6.45, 7) is 5.14. The SMILES string of the molecule is COc1cc2ncc(-c3cc(F)nc(NCc4ccc(=O)[nH]c4)c3)n2cc1S(=O)(=O)C(C)(C)C. The summed E-state index contributed by atoms with van der Waals surface area (Å²) in [5.74, 6) is -0.261. The van der Waals surface area contributed by atoms with Crippen LogP contribution in [0.1, 0.15) is 26.3 Å². The number of ether oxygens (including phenoxy) is 1. The van der Waals surface area contributed by atoms with Crippen LogP contribution >= 0.6 is 0 Å². The van der Waals surface area contributed by atoms with Crippen LogP contribution in [0.3, 0.4) is 0 Å². The maximum Gasteiger partial charge on any atom is 0.247 e. The second kappa shape index (κ2) is 8.56. The Morgan fingerprint density at radius 2 is 1.97 bits per heavy atom. The van der Waals surface area contributed by atoms with Gasteiger partial charge in [-0.25, -0.2) is 18.4 Å². The van der Waals surface area contributed by atoms with Crippen LogP contribution < -0.4 is 15.6 Å². The molecule has 0 amide bonds. The molecule has 0 fully saturated rings. The molecule has 0 saturated heterocycles. The van der Waals surface area contributed by atoms with Crippen LogP contribution in [0.5, 0.6) is 5.75 Å². The molecule has 11 heteroatoms. The van der Waals surface area contributed by atoms with E-state index < -0.39 is 20.5 Å². The maximum absolute atomic E-state index is 14.4. The number of aromatic nitrogens is 4. The quantitative estimate of drug-likeness (QED) is 0.402. The molecule has 0 spiro atoms. The minimum absolute atomic E-state index is 0.0141. The Balaban J connectivity index is 1.77. The Morgan fingerprint density at radius 1 is 1.21 bits per heavy atom. The van der Waals surface area contributed by atoms with Gasteiger partial charge in [0.1, 0.15) is 22.1 Å². The molecule has 4 rings (SSSR count). The number of hydrogen-bond donors (Lipinski definition) is 2. The number of H-pyrrole nitrogens is 1. The second-order valence-electron chi connectivity index (χ2n) is 8.67. The lowest BCUT2D eigenvalue weighted by atomic mass is 10.2. The van der Waals surface area contributed by atoms with Crippen LogP contribution in [0.15, 0.2) is 58.6 Å². The number of fused-ring (bicyclic) bond motifs is 1. The number of nitrogens with zero attached hydrogens (tertiary/aromatic N) is 3. The minimum atomic E-state index is -3.74. The van der Waals surface area contributed by atoms with E-state index in [0.29, 0.717) is 23.4 Å². The fourth-order valence-electron chi connectivity index (χ4n) is 3.37. The molecule has 0 radical (unpaired) electrons. The number of nitrogens with one attached hydrogen (secondary N) is 2. The van der Waals surface area contributed by atoms with E-state index in [1.54, 1.807) is 43.5 Å². The average molecular weight is 486 g/mol. The van der Waals surface area contributed by atoms with E-state index in [0.717, 1.165) is 5.56 Å². The van der Waals surface area contributed by atoms with E-state index in [-0.39, 0.29) is 22.0 Å². The van der Waals surface area contributed by atoms with Gasteiger partial charge in [0.2, 0.25) is 11.5 Å². The van der Waals surface area contributed by atoms with E-state index in [9.17, 15) is 17.6 Å². The van der Waals surface area contributed by atoms with Gasteiger partial charge < -0.3 is 15.0 Å². The molecule has 34 heavy (non-hydrogen) atoms. The van der Waals surface area contributed by atoms with Crippen LogP contribution in [0.2, 0.25) is 0 Å². The van der Waals surface area contributed by atoms with Crippen molar-refractivity contribution in [1.29, 1.82) is 0 Å². The fourth-order valence-corrected chi connectivity index (χ4v) is 4.68. The van der Waals surface area contributed by atoms with Crippen molar-refractivity contribution in [2.75, 3.05) is 12.4 Å². The Morgan fingerprint density at radius 3 is 2.62 bits per heavy atom. The number of pyridine rings is 3. The lowest BCUT2D eigenvalue weighted by Gasteiger charge is -2.21. The molecule has 4 aromatic rings. The van der Waals surface area contributed by atoms with Gasteiger partial charge in [0, 0.05) is 42.7 Å². The number of rotatable bonds is 6. The third-order valence-electron chi connectivity index (χ3n) is 5.30. The Labute approximate surface area is 195 Å². The molecule has 0 aliphatic rings. The number of methoxy groups -OCH3 is 1. The van der Waals surface area contributed by atoms with Gasteiger partial charge in [-0.05, 0) is 32.4 Å². The first-order valence-electron chi connectivity index (χ1n) is 10.4. The number of halogens is 1. The molecule has 2 N–H and O–H groups in total. The summed E-state index contributed by atoms with van der Waals surface area (Å²) < 4.78 is 46.6. The van der Waals surface area contributed by atoms with Gasteiger partial charge in [-0.15, -0.1) is 0 Å². The van der Waals surface area contributed by atoms with Crippen LogP contribution in [0.4, 0.5) is 10.2 Å². The zero-order valence-corrected chi connectivity index (χ0v) is 19.9. The predicted octanol–water partition coefficient (Wildman–Crippen LogP) is 3.42. The lowest BCUT2D eigenvalue weighted by Crippen LogP contribution is -2.28. The van der Waals surface area contributed by atoms with Crippen molar-refractivity contribution in [3.8, 4) is 17.0 Å². The molecular weight excluding hydrogens is 461 g/mol. The highest BCUT2D eigenvalue weighted by atomic mass is 32.2. The van der Waals surface area contributed by atoms with Gasteiger partial charge in [0.25, 0.3) is 0 Å². The molecule has 4 heterocycles. The summed E-state index contributed by atoms with van der Waals surface area (Å²) in [6, 6.07) is 7.48.